The van der Waals surface area contributed by atoms with E-state index in [0.29, 0.717) is 12.3 Å². The van der Waals surface area contributed by atoms with E-state index in [0.717, 1.165) is 77.2 Å². The molecule has 1 unspecified atom stereocenters. The Labute approximate surface area is 159 Å². The summed E-state index contributed by atoms with van der Waals surface area (Å²) in [6.07, 6.45) is 11.0. The van der Waals surface area contributed by atoms with Gasteiger partial charge in [0, 0.05) is 25.4 Å². The first-order valence-electron chi connectivity index (χ1n) is 10.6. The zero-order chi connectivity index (χ0) is 19.4. The molecule has 0 bridgehead atoms. The van der Waals surface area contributed by atoms with Crippen molar-refractivity contribution >= 4 is 11.9 Å². The molecular weight excluding hydrogens is 330 g/mol. The molecule has 26 heavy (non-hydrogen) atoms. The molecule has 2 atom stereocenters. The summed E-state index contributed by atoms with van der Waals surface area (Å²) in [5.74, 6) is 0.202. The fourth-order valence-electron chi connectivity index (χ4n) is 3.80. The van der Waals surface area contributed by atoms with Crippen LogP contribution in [0.4, 0.5) is 0 Å². The molecule has 0 aromatic carbocycles. The molecule has 0 aromatic heterocycles. The maximum atomic E-state index is 12.3. The van der Waals surface area contributed by atoms with E-state index in [1.807, 2.05) is 4.90 Å². The van der Waals surface area contributed by atoms with Crippen LogP contribution >= 0.6 is 0 Å². The van der Waals surface area contributed by atoms with Crippen molar-refractivity contribution in [3.8, 4) is 0 Å². The highest BCUT2D eigenvalue weighted by atomic mass is 16.4. The Balaban J connectivity index is 2.28. The number of hydrogen-bond acceptors (Lipinski definition) is 3. The Morgan fingerprint density at radius 2 is 1.85 bits per heavy atom. The van der Waals surface area contributed by atoms with Crippen LogP contribution in [0.2, 0.25) is 0 Å². The summed E-state index contributed by atoms with van der Waals surface area (Å²) in [7, 11) is 0. The maximum absolute atomic E-state index is 12.3. The number of carbonyl (C=O) groups excluding carboxylic acids is 1. The van der Waals surface area contributed by atoms with Crippen molar-refractivity contribution in [3.05, 3.63) is 0 Å². The molecule has 2 N–H and O–H groups in total. The maximum Gasteiger partial charge on any atom is 0.303 e. The van der Waals surface area contributed by atoms with Gasteiger partial charge in [-0.3, -0.25) is 9.59 Å². The molecule has 5 heteroatoms. The van der Waals surface area contributed by atoms with Gasteiger partial charge in [0.05, 0.1) is 6.10 Å². The van der Waals surface area contributed by atoms with Crippen LogP contribution in [-0.4, -0.2) is 45.7 Å². The Hall–Kier alpha value is -1.10. The SMILES string of the molecule is CC(C)CCCC(O)CC[C@H]1CCCC(=O)N1CCCCCCC(=O)O. The van der Waals surface area contributed by atoms with Gasteiger partial charge in [-0.05, 0) is 50.9 Å². The molecule has 1 saturated heterocycles. The third kappa shape index (κ3) is 10.1. The average molecular weight is 370 g/mol. The van der Waals surface area contributed by atoms with E-state index in [1.54, 1.807) is 0 Å². The second-order valence-corrected chi connectivity index (χ2v) is 8.25. The molecule has 1 fully saturated rings. The second kappa shape index (κ2) is 13.1. The minimum absolute atomic E-state index is 0.236. The lowest BCUT2D eigenvalue weighted by Crippen LogP contribution is -2.44. The van der Waals surface area contributed by atoms with Crippen molar-refractivity contribution in [1.29, 1.82) is 0 Å². The van der Waals surface area contributed by atoms with Gasteiger partial charge in [-0.2, -0.15) is 0 Å². The van der Waals surface area contributed by atoms with Crippen LogP contribution in [0.5, 0.6) is 0 Å². The van der Waals surface area contributed by atoms with E-state index < -0.39 is 5.97 Å². The van der Waals surface area contributed by atoms with Crippen LogP contribution in [0.25, 0.3) is 0 Å². The number of amides is 1. The van der Waals surface area contributed by atoms with E-state index in [1.165, 1.54) is 0 Å². The summed E-state index contributed by atoms with van der Waals surface area (Å²) in [6, 6.07) is 0.273. The number of piperidine rings is 1. The number of aliphatic hydroxyl groups is 1. The number of aliphatic hydroxyl groups excluding tert-OH is 1. The van der Waals surface area contributed by atoms with E-state index in [2.05, 4.69) is 13.8 Å². The molecule has 1 aliphatic rings. The van der Waals surface area contributed by atoms with Gasteiger partial charge in [-0.15, -0.1) is 0 Å². The van der Waals surface area contributed by atoms with Gasteiger partial charge < -0.3 is 15.1 Å². The first-order chi connectivity index (χ1) is 12.4. The van der Waals surface area contributed by atoms with Crippen molar-refractivity contribution in [2.45, 2.75) is 109 Å². The van der Waals surface area contributed by atoms with Crippen molar-refractivity contribution in [2.75, 3.05) is 6.54 Å². The molecule has 1 heterocycles. The van der Waals surface area contributed by atoms with Gasteiger partial charge in [0.25, 0.3) is 0 Å². The number of aliphatic carboxylic acids is 1. The summed E-state index contributed by atoms with van der Waals surface area (Å²) >= 11 is 0. The number of nitrogens with zero attached hydrogens (tertiary/aromatic N) is 1. The molecule has 5 nitrogen and oxygen atoms in total. The van der Waals surface area contributed by atoms with Crippen LogP contribution < -0.4 is 0 Å². The van der Waals surface area contributed by atoms with E-state index in [4.69, 9.17) is 5.11 Å². The Bertz CT molecular complexity index is 411. The van der Waals surface area contributed by atoms with Crippen molar-refractivity contribution in [3.63, 3.8) is 0 Å². The number of likely N-dealkylation sites (tertiary alicyclic amines) is 1. The molecule has 152 valence electrons. The zero-order valence-corrected chi connectivity index (χ0v) is 16.8. The van der Waals surface area contributed by atoms with Gasteiger partial charge in [-0.25, -0.2) is 0 Å². The number of hydrogen-bond donors (Lipinski definition) is 2. The van der Waals surface area contributed by atoms with Crippen LogP contribution in [0.15, 0.2) is 0 Å². The normalized spacial score (nSPS) is 19.2. The van der Waals surface area contributed by atoms with Crippen molar-refractivity contribution in [2.24, 2.45) is 5.92 Å². The summed E-state index contributed by atoms with van der Waals surface area (Å²) in [6.45, 7) is 5.19. The summed E-state index contributed by atoms with van der Waals surface area (Å²) in [4.78, 5) is 24.8. The predicted octanol–water partition coefficient (Wildman–Crippen LogP) is 4.37. The second-order valence-electron chi connectivity index (χ2n) is 8.25. The van der Waals surface area contributed by atoms with Crippen molar-refractivity contribution in [1.82, 2.24) is 4.90 Å². The topological polar surface area (TPSA) is 77.8 Å². The molecule has 1 amide bonds. The van der Waals surface area contributed by atoms with Gasteiger partial charge >= 0.3 is 5.97 Å². The lowest BCUT2D eigenvalue weighted by molar-refractivity contribution is -0.137. The smallest absolute Gasteiger partial charge is 0.303 e. The molecule has 1 aliphatic heterocycles. The number of carboxylic acids is 1. The van der Waals surface area contributed by atoms with E-state index in [9.17, 15) is 14.7 Å². The number of unbranched alkanes of at least 4 members (excludes halogenated alkanes) is 3. The fourth-order valence-corrected chi connectivity index (χ4v) is 3.80. The third-order valence-corrected chi connectivity index (χ3v) is 5.38. The monoisotopic (exact) mass is 369 g/mol. The Morgan fingerprint density at radius 3 is 2.54 bits per heavy atom. The van der Waals surface area contributed by atoms with Crippen molar-refractivity contribution < 1.29 is 19.8 Å². The first-order valence-corrected chi connectivity index (χ1v) is 10.6. The number of carboxylic acid groups (broad SMARTS) is 1. The van der Waals surface area contributed by atoms with E-state index >= 15 is 0 Å². The number of carbonyl (C=O) groups is 2. The van der Waals surface area contributed by atoms with Gasteiger partial charge in [0.2, 0.25) is 5.91 Å². The molecule has 1 rings (SSSR count). The Kier molecular flexibility index (Phi) is 11.6. The van der Waals surface area contributed by atoms with Gasteiger partial charge in [-0.1, -0.05) is 39.5 Å². The molecular formula is C21H39NO4. The Morgan fingerprint density at radius 1 is 1.12 bits per heavy atom. The molecule has 0 saturated carbocycles. The fraction of sp³-hybridized carbons (Fsp3) is 0.905. The lowest BCUT2D eigenvalue weighted by Gasteiger charge is -2.36. The average Bonchev–Trinajstić information content (AvgIpc) is 2.57. The summed E-state index contributed by atoms with van der Waals surface area (Å²) in [5, 5.41) is 18.9. The quantitative estimate of drug-likeness (QED) is 0.446. The number of rotatable bonds is 14. The van der Waals surface area contributed by atoms with Crippen LogP contribution in [0.3, 0.4) is 0 Å². The highest BCUT2D eigenvalue weighted by Gasteiger charge is 2.27. The predicted molar refractivity (Wildman–Crippen MR) is 104 cm³/mol. The largest absolute Gasteiger partial charge is 0.481 e. The molecule has 0 spiro atoms. The minimum atomic E-state index is -0.733. The van der Waals surface area contributed by atoms with Gasteiger partial charge in [0.15, 0.2) is 0 Å². The lowest BCUT2D eigenvalue weighted by atomic mass is 9.94. The molecule has 0 aromatic rings. The molecule has 0 aliphatic carbocycles. The highest BCUT2D eigenvalue weighted by Crippen LogP contribution is 2.24. The minimum Gasteiger partial charge on any atom is -0.481 e. The summed E-state index contributed by atoms with van der Waals surface area (Å²) < 4.78 is 0. The van der Waals surface area contributed by atoms with E-state index in [-0.39, 0.29) is 24.5 Å². The van der Waals surface area contributed by atoms with Gasteiger partial charge in [0.1, 0.15) is 0 Å². The van der Waals surface area contributed by atoms with Crippen LogP contribution in [0, 0.1) is 5.92 Å². The first kappa shape index (κ1) is 22.9. The van der Waals surface area contributed by atoms with Crippen LogP contribution in [-0.2, 0) is 9.59 Å². The summed E-state index contributed by atoms with van der Waals surface area (Å²) in [5.41, 5.74) is 0. The third-order valence-electron chi connectivity index (χ3n) is 5.38. The molecule has 0 radical (unpaired) electrons. The standard InChI is InChI=1S/C21H39NO4/c1-17(2)9-7-11-19(23)15-14-18-10-8-12-20(24)22(18)16-6-4-3-5-13-21(25)26/h17-19,23H,3-16H2,1-2H3,(H,25,26)/t18-,19?/m1/s1. The van der Waals surface area contributed by atoms with Crippen LogP contribution in [0.1, 0.15) is 97.3 Å². The highest BCUT2D eigenvalue weighted by molar-refractivity contribution is 5.77. The zero-order valence-electron chi connectivity index (χ0n) is 16.8.